The van der Waals surface area contributed by atoms with Gasteiger partial charge in [0, 0.05) is 37.0 Å². The molecule has 1 unspecified atom stereocenters. The number of thiazole rings is 1. The molecule has 3 heterocycles. The van der Waals surface area contributed by atoms with Crippen LogP contribution in [0.15, 0.2) is 5.38 Å². The maximum absolute atomic E-state index is 12.8. The summed E-state index contributed by atoms with van der Waals surface area (Å²) < 4.78 is 0. The van der Waals surface area contributed by atoms with Gasteiger partial charge in [0.1, 0.15) is 0 Å². The first-order chi connectivity index (χ1) is 11.5. The predicted molar refractivity (Wildman–Crippen MR) is 97.8 cm³/mol. The molecular formula is C18H30N4OS. The Kier molecular flexibility index (Phi) is 5.89. The molecule has 0 aliphatic carbocycles. The van der Waals surface area contributed by atoms with Crippen LogP contribution in [0.25, 0.3) is 0 Å². The van der Waals surface area contributed by atoms with Gasteiger partial charge >= 0.3 is 0 Å². The highest BCUT2D eigenvalue weighted by Gasteiger charge is 2.31. The van der Waals surface area contributed by atoms with Crippen molar-refractivity contribution in [3.8, 4) is 0 Å². The molecule has 1 atom stereocenters. The van der Waals surface area contributed by atoms with Crippen molar-refractivity contribution >= 4 is 17.2 Å². The standard InChI is InChI=1S/C18H30N4OS/c1-13(19)15-5-9-22(10-6-15)18(23)16-3-7-21(8-4-16)11-17-12-24-14(2)20-17/h12-13,15-16H,3-11,19H2,1-2H3. The summed E-state index contributed by atoms with van der Waals surface area (Å²) in [5.41, 5.74) is 7.17. The molecular weight excluding hydrogens is 320 g/mol. The molecule has 0 aromatic carbocycles. The highest BCUT2D eigenvalue weighted by Crippen LogP contribution is 2.25. The van der Waals surface area contributed by atoms with Gasteiger partial charge in [0.05, 0.1) is 10.7 Å². The van der Waals surface area contributed by atoms with Crippen molar-refractivity contribution in [2.24, 2.45) is 17.6 Å². The van der Waals surface area contributed by atoms with E-state index in [1.165, 1.54) is 5.69 Å². The topological polar surface area (TPSA) is 62.5 Å². The van der Waals surface area contributed by atoms with Crippen LogP contribution in [0.1, 0.15) is 43.3 Å². The zero-order valence-electron chi connectivity index (χ0n) is 14.9. The van der Waals surface area contributed by atoms with E-state index >= 15 is 0 Å². The Morgan fingerprint density at radius 3 is 2.50 bits per heavy atom. The lowest BCUT2D eigenvalue weighted by molar-refractivity contribution is -0.138. The van der Waals surface area contributed by atoms with Crippen LogP contribution in [0, 0.1) is 18.8 Å². The molecule has 1 aromatic heterocycles. The number of carbonyl (C=O) groups is 1. The summed E-state index contributed by atoms with van der Waals surface area (Å²) in [6, 6.07) is 0.250. The SMILES string of the molecule is Cc1nc(CN2CCC(C(=O)N3CCC(C(C)N)CC3)CC2)cs1. The largest absolute Gasteiger partial charge is 0.342 e. The second-order valence-electron chi connectivity index (χ2n) is 7.43. The first-order valence-corrected chi connectivity index (χ1v) is 10.1. The molecule has 2 fully saturated rings. The Hall–Kier alpha value is -0.980. The van der Waals surface area contributed by atoms with Gasteiger partial charge in [0.2, 0.25) is 5.91 Å². The number of hydrogen-bond donors (Lipinski definition) is 1. The molecule has 1 amide bonds. The zero-order chi connectivity index (χ0) is 17.1. The van der Waals surface area contributed by atoms with Gasteiger partial charge in [-0.15, -0.1) is 11.3 Å². The third-order valence-corrected chi connectivity index (χ3v) is 6.41. The first-order valence-electron chi connectivity index (χ1n) is 9.20. The van der Waals surface area contributed by atoms with Crippen molar-refractivity contribution in [3.63, 3.8) is 0 Å². The fraction of sp³-hybridized carbons (Fsp3) is 0.778. The fourth-order valence-electron chi connectivity index (χ4n) is 3.95. The Morgan fingerprint density at radius 2 is 1.96 bits per heavy atom. The third-order valence-electron chi connectivity index (χ3n) is 5.58. The van der Waals surface area contributed by atoms with E-state index in [1.54, 1.807) is 11.3 Å². The maximum atomic E-state index is 12.8. The predicted octanol–water partition coefficient (Wildman–Crippen LogP) is 2.25. The molecule has 2 N–H and O–H groups in total. The smallest absolute Gasteiger partial charge is 0.225 e. The Morgan fingerprint density at radius 1 is 1.29 bits per heavy atom. The quantitative estimate of drug-likeness (QED) is 0.905. The minimum atomic E-state index is 0.213. The molecule has 1 aromatic rings. The van der Waals surface area contributed by atoms with Gasteiger partial charge in [0.25, 0.3) is 0 Å². The van der Waals surface area contributed by atoms with Gasteiger partial charge in [-0.2, -0.15) is 0 Å². The molecule has 0 radical (unpaired) electrons. The van der Waals surface area contributed by atoms with E-state index in [9.17, 15) is 4.79 Å². The normalized spacial score (nSPS) is 22.7. The minimum Gasteiger partial charge on any atom is -0.342 e. The second-order valence-corrected chi connectivity index (χ2v) is 8.49. The Bertz CT molecular complexity index is 543. The Labute approximate surface area is 149 Å². The van der Waals surface area contributed by atoms with Crippen molar-refractivity contribution < 1.29 is 4.79 Å². The lowest BCUT2D eigenvalue weighted by atomic mass is 9.89. The van der Waals surface area contributed by atoms with E-state index in [-0.39, 0.29) is 12.0 Å². The molecule has 2 aliphatic rings. The van der Waals surface area contributed by atoms with Crippen molar-refractivity contribution in [1.82, 2.24) is 14.8 Å². The van der Waals surface area contributed by atoms with Crippen LogP contribution >= 0.6 is 11.3 Å². The molecule has 6 heteroatoms. The van der Waals surface area contributed by atoms with Gasteiger partial charge in [-0.3, -0.25) is 9.69 Å². The van der Waals surface area contributed by atoms with Crippen LogP contribution in [0.2, 0.25) is 0 Å². The van der Waals surface area contributed by atoms with E-state index in [4.69, 9.17) is 5.73 Å². The van der Waals surface area contributed by atoms with Gasteiger partial charge in [-0.05, 0) is 58.5 Å². The van der Waals surface area contributed by atoms with Crippen LogP contribution in [0.5, 0.6) is 0 Å². The zero-order valence-corrected chi connectivity index (χ0v) is 15.7. The summed E-state index contributed by atoms with van der Waals surface area (Å²) >= 11 is 1.71. The molecule has 0 saturated carbocycles. The van der Waals surface area contributed by atoms with Gasteiger partial charge < -0.3 is 10.6 Å². The number of aromatic nitrogens is 1. The molecule has 2 aliphatic heterocycles. The number of likely N-dealkylation sites (tertiary alicyclic amines) is 2. The van der Waals surface area contributed by atoms with Crippen LogP contribution < -0.4 is 5.73 Å². The average molecular weight is 351 g/mol. The number of nitrogens with zero attached hydrogens (tertiary/aromatic N) is 3. The van der Waals surface area contributed by atoms with E-state index in [0.717, 1.165) is 63.4 Å². The highest BCUT2D eigenvalue weighted by molar-refractivity contribution is 7.09. The lowest BCUT2D eigenvalue weighted by Crippen LogP contribution is -2.47. The number of piperidine rings is 2. The summed E-state index contributed by atoms with van der Waals surface area (Å²) in [6.45, 7) is 8.85. The van der Waals surface area contributed by atoms with Crippen molar-refractivity contribution in [2.45, 2.75) is 52.1 Å². The van der Waals surface area contributed by atoms with Crippen LogP contribution in [-0.4, -0.2) is 52.9 Å². The van der Waals surface area contributed by atoms with Gasteiger partial charge in [0.15, 0.2) is 0 Å². The van der Waals surface area contributed by atoms with E-state index in [0.29, 0.717) is 11.8 Å². The molecule has 0 spiro atoms. The second kappa shape index (κ2) is 7.93. The molecule has 24 heavy (non-hydrogen) atoms. The van der Waals surface area contributed by atoms with Gasteiger partial charge in [-0.25, -0.2) is 4.98 Å². The number of hydrogen-bond acceptors (Lipinski definition) is 5. The molecule has 2 saturated heterocycles. The van der Waals surface area contributed by atoms with Crippen LogP contribution in [0.3, 0.4) is 0 Å². The fourth-order valence-corrected chi connectivity index (χ4v) is 4.56. The summed E-state index contributed by atoms with van der Waals surface area (Å²) in [6.07, 6.45) is 4.08. The highest BCUT2D eigenvalue weighted by atomic mass is 32.1. The Balaban J connectivity index is 1.44. The molecule has 134 valence electrons. The third kappa shape index (κ3) is 4.35. The van der Waals surface area contributed by atoms with Gasteiger partial charge in [-0.1, -0.05) is 0 Å². The summed E-state index contributed by atoms with van der Waals surface area (Å²) in [7, 11) is 0. The number of rotatable bonds is 4. The lowest BCUT2D eigenvalue weighted by Gasteiger charge is -2.38. The first kappa shape index (κ1) is 17.8. The number of carbonyl (C=O) groups excluding carboxylic acids is 1. The number of aryl methyl sites for hydroxylation is 1. The van der Waals surface area contributed by atoms with Crippen LogP contribution in [0.4, 0.5) is 0 Å². The molecule has 3 rings (SSSR count). The van der Waals surface area contributed by atoms with E-state index in [2.05, 4.69) is 27.1 Å². The van der Waals surface area contributed by atoms with E-state index in [1.807, 2.05) is 6.92 Å². The van der Waals surface area contributed by atoms with Crippen molar-refractivity contribution in [2.75, 3.05) is 26.2 Å². The number of nitrogens with two attached hydrogens (primary N) is 1. The number of amides is 1. The monoisotopic (exact) mass is 350 g/mol. The average Bonchev–Trinajstić information content (AvgIpc) is 3.00. The van der Waals surface area contributed by atoms with Crippen LogP contribution in [-0.2, 0) is 11.3 Å². The summed E-state index contributed by atoms with van der Waals surface area (Å²) in [4.78, 5) is 21.8. The maximum Gasteiger partial charge on any atom is 0.225 e. The molecule has 5 nitrogen and oxygen atoms in total. The summed E-state index contributed by atoms with van der Waals surface area (Å²) in [5.74, 6) is 1.17. The minimum absolute atomic E-state index is 0.213. The molecule has 0 bridgehead atoms. The van der Waals surface area contributed by atoms with Crippen molar-refractivity contribution in [1.29, 1.82) is 0 Å². The summed E-state index contributed by atoms with van der Waals surface area (Å²) in [5, 5.41) is 3.28. The van der Waals surface area contributed by atoms with E-state index < -0.39 is 0 Å². The van der Waals surface area contributed by atoms with Crippen molar-refractivity contribution in [3.05, 3.63) is 16.1 Å².